The number of benzene rings is 2. The second-order valence-electron chi connectivity index (χ2n) is 7.66. The number of amides is 1. The quantitative estimate of drug-likeness (QED) is 0.586. The van der Waals surface area contributed by atoms with Crippen molar-refractivity contribution >= 4 is 34.4 Å². The van der Waals surface area contributed by atoms with Crippen LogP contribution < -0.4 is 10.1 Å². The Morgan fingerprint density at radius 3 is 2.62 bits per heavy atom. The minimum absolute atomic E-state index is 0.299. The van der Waals surface area contributed by atoms with Crippen LogP contribution in [0.2, 0.25) is 0 Å². The molecular weight excluding hydrogens is 404 g/mol. The predicted octanol–water partition coefficient (Wildman–Crippen LogP) is 4.41. The first-order valence-corrected chi connectivity index (χ1v) is 10.8. The van der Waals surface area contributed by atoms with Gasteiger partial charge in [0.1, 0.15) is 5.75 Å². The van der Waals surface area contributed by atoms with Crippen LogP contribution in [0.15, 0.2) is 48.5 Å². The number of ether oxygens (including phenoxy) is 2. The lowest BCUT2D eigenvalue weighted by Crippen LogP contribution is -2.28. The van der Waals surface area contributed by atoms with Gasteiger partial charge in [0.05, 0.1) is 23.9 Å². The smallest absolute Gasteiger partial charge is 0.339 e. The maximum absolute atomic E-state index is 13.1. The molecule has 1 aliphatic rings. The van der Waals surface area contributed by atoms with Crippen molar-refractivity contribution in [1.82, 2.24) is 10.3 Å². The number of methoxy groups -OCH3 is 1. The van der Waals surface area contributed by atoms with Gasteiger partial charge in [0, 0.05) is 11.9 Å². The highest BCUT2D eigenvalue weighted by Crippen LogP contribution is 2.36. The van der Waals surface area contributed by atoms with Crippen molar-refractivity contribution in [1.29, 1.82) is 0 Å². The van der Waals surface area contributed by atoms with Gasteiger partial charge in [-0.25, -0.2) is 9.78 Å². The van der Waals surface area contributed by atoms with E-state index in [2.05, 4.69) is 11.4 Å². The summed E-state index contributed by atoms with van der Waals surface area (Å²) in [4.78, 5) is 29.8. The Labute approximate surface area is 187 Å². The van der Waals surface area contributed by atoms with Gasteiger partial charge in [-0.2, -0.15) is 0 Å². The molecule has 1 amide bonds. The number of para-hydroxylation sites is 1. The number of esters is 1. The van der Waals surface area contributed by atoms with Gasteiger partial charge in [0.15, 0.2) is 6.61 Å². The van der Waals surface area contributed by atoms with Crippen LogP contribution in [0.3, 0.4) is 0 Å². The zero-order valence-corrected chi connectivity index (χ0v) is 18.3. The molecule has 0 saturated heterocycles. The van der Waals surface area contributed by atoms with E-state index in [-0.39, 0.29) is 12.5 Å². The number of carbonyl (C=O) groups excluding carboxylic acids is 2. The summed E-state index contributed by atoms with van der Waals surface area (Å²) >= 11 is 0. The van der Waals surface area contributed by atoms with Crippen LogP contribution in [0.25, 0.3) is 22.6 Å². The molecule has 0 unspecified atom stereocenters. The molecule has 1 aromatic heterocycles. The van der Waals surface area contributed by atoms with Crippen LogP contribution in [-0.2, 0) is 16.0 Å². The van der Waals surface area contributed by atoms with Crippen LogP contribution in [0.4, 0.5) is 0 Å². The molecule has 0 fully saturated rings. The minimum atomic E-state index is -0.489. The summed E-state index contributed by atoms with van der Waals surface area (Å²) in [6, 6.07) is 15.4. The van der Waals surface area contributed by atoms with Crippen molar-refractivity contribution in [2.45, 2.75) is 26.2 Å². The number of aromatic nitrogens is 1. The number of nitrogens with one attached hydrogen (secondary N) is 1. The summed E-state index contributed by atoms with van der Waals surface area (Å²) in [6.07, 6.45) is 4.63. The maximum atomic E-state index is 13.1. The molecule has 0 bridgehead atoms. The Balaban J connectivity index is 1.77. The summed E-state index contributed by atoms with van der Waals surface area (Å²) in [7, 11) is 1.65. The maximum Gasteiger partial charge on any atom is 0.339 e. The van der Waals surface area contributed by atoms with Gasteiger partial charge in [0.25, 0.3) is 5.91 Å². The molecule has 4 rings (SSSR count). The second kappa shape index (κ2) is 9.64. The lowest BCUT2D eigenvalue weighted by Gasteiger charge is -2.22. The Hall–Kier alpha value is -3.67. The Bertz CT molecular complexity index is 1180. The highest BCUT2D eigenvalue weighted by atomic mass is 16.5. The van der Waals surface area contributed by atoms with Crippen molar-refractivity contribution in [2.75, 3.05) is 20.3 Å². The number of hydrogen-bond donors (Lipinski definition) is 1. The molecule has 6 heteroatoms. The van der Waals surface area contributed by atoms with E-state index in [1.807, 2.05) is 55.5 Å². The second-order valence-corrected chi connectivity index (χ2v) is 7.66. The van der Waals surface area contributed by atoms with Crippen LogP contribution in [0, 0.1) is 0 Å². The standard InChI is InChI=1S/C26H26N2O4/c1-3-27-23(29)16-32-26(30)24-20-8-4-5-10-22(20)28-25-18(7-6-9-21(24)25)15-17-11-13-19(31-2)14-12-17/h4-5,8,10-15H,3,6-7,9,16H2,1-2H3,(H,27,29). The number of nitrogens with zero attached hydrogens (tertiary/aromatic N) is 1. The average molecular weight is 431 g/mol. The molecule has 32 heavy (non-hydrogen) atoms. The summed E-state index contributed by atoms with van der Waals surface area (Å²) in [5.74, 6) is 0.00225. The first kappa shape index (κ1) is 21.6. The van der Waals surface area contributed by atoms with Gasteiger partial charge < -0.3 is 14.8 Å². The van der Waals surface area contributed by atoms with Crippen molar-refractivity contribution in [3.8, 4) is 5.75 Å². The number of hydrogen-bond acceptors (Lipinski definition) is 5. The minimum Gasteiger partial charge on any atom is -0.497 e. The monoisotopic (exact) mass is 430 g/mol. The average Bonchev–Trinajstić information content (AvgIpc) is 2.82. The third-order valence-corrected chi connectivity index (χ3v) is 5.54. The molecular formula is C26H26N2O4. The highest BCUT2D eigenvalue weighted by Gasteiger charge is 2.26. The molecule has 0 saturated carbocycles. The Kier molecular flexibility index (Phi) is 6.50. The molecule has 1 aliphatic carbocycles. The van der Waals surface area contributed by atoms with E-state index in [0.29, 0.717) is 12.1 Å². The third-order valence-electron chi connectivity index (χ3n) is 5.54. The lowest BCUT2D eigenvalue weighted by atomic mass is 9.86. The Morgan fingerprint density at radius 2 is 1.88 bits per heavy atom. The van der Waals surface area contributed by atoms with Crippen molar-refractivity contribution in [3.63, 3.8) is 0 Å². The van der Waals surface area contributed by atoms with E-state index in [0.717, 1.165) is 58.3 Å². The van der Waals surface area contributed by atoms with Crippen molar-refractivity contribution < 1.29 is 19.1 Å². The zero-order valence-electron chi connectivity index (χ0n) is 18.3. The summed E-state index contributed by atoms with van der Waals surface area (Å²) in [5, 5.41) is 3.40. The molecule has 0 atom stereocenters. The molecule has 164 valence electrons. The largest absolute Gasteiger partial charge is 0.497 e. The van der Waals surface area contributed by atoms with Gasteiger partial charge >= 0.3 is 5.97 Å². The summed E-state index contributed by atoms with van der Waals surface area (Å²) in [5.41, 5.74) is 5.09. The molecule has 0 radical (unpaired) electrons. The molecule has 0 aliphatic heterocycles. The van der Waals surface area contributed by atoms with E-state index in [1.165, 1.54) is 0 Å². The zero-order chi connectivity index (χ0) is 22.5. The van der Waals surface area contributed by atoms with Crippen molar-refractivity contribution in [3.05, 3.63) is 70.9 Å². The van der Waals surface area contributed by atoms with E-state index < -0.39 is 5.97 Å². The molecule has 3 aromatic rings. The summed E-state index contributed by atoms with van der Waals surface area (Å²) < 4.78 is 10.6. The fraction of sp³-hybridized carbons (Fsp3) is 0.269. The number of pyridine rings is 1. The lowest BCUT2D eigenvalue weighted by molar-refractivity contribution is -0.124. The topological polar surface area (TPSA) is 77.5 Å². The van der Waals surface area contributed by atoms with Gasteiger partial charge in [-0.15, -0.1) is 0 Å². The van der Waals surface area contributed by atoms with Gasteiger partial charge in [-0.1, -0.05) is 30.3 Å². The molecule has 0 spiro atoms. The molecule has 1 N–H and O–H groups in total. The van der Waals surface area contributed by atoms with Crippen molar-refractivity contribution in [2.24, 2.45) is 0 Å². The van der Waals surface area contributed by atoms with Crippen LogP contribution in [0.1, 0.15) is 46.9 Å². The highest BCUT2D eigenvalue weighted by molar-refractivity contribution is 6.07. The number of allylic oxidation sites excluding steroid dienone is 1. The first-order chi connectivity index (χ1) is 15.6. The SMILES string of the molecule is CCNC(=O)COC(=O)c1c2c(nc3ccccc13)C(=Cc1ccc(OC)cc1)CCC2. The summed E-state index contributed by atoms with van der Waals surface area (Å²) in [6.45, 7) is 2.01. The van der Waals surface area contributed by atoms with E-state index in [4.69, 9.17) is 14.5 Å². The van der Waals surface area contributed by atoms with Gasteiger partial charge in [0.2, 0.25) is 0 Å². The fourth-order valence-corrected chi connectivity index (χ4v) is 4.06. The van der Waals surface area contributed by atoms with E-state index >= 15 is 0 Å². The molecule has 6 nitrogen and oxygen atoms in total. The van der Waals surface area contributed by atoms with E-state index in [9.17, 15) is 9.59 Å². The first-order valence-electron chi connectivity index (χ1n) is 10.8. The third kappa shape index (κ3) is 4.49. The normalized spacial score (nSPS) is 14.1. The number of likely N-dealkylation sites (N-methyl/N-ethyl adjacent to an activating group) is 1. The van der Waals surface area contributed by atoms with Crippen LogP contribution >= 0.6 is 0 Å². The van der Waals surface area contributed by atoms with Crippen LogP contribution in [0.5, 0.6) is 5.75 Å². The predicted molar refractivity (Wildman–Crippen MR) is 125 cm³/mol. The molecule has 2 aromatic carbocycles. The van der Waals surface area contributed by atoms with Gasteiger partial charge in [-0.05, 0) is 67.2 Å². The van der Waals surface area contributed by atoms with Crippen LogP contribution in [-0.4, -0.2) is 37.1 Å². The molecule has 1 heterocycles. The Morgan fingerprint density at radius 1 is 1.09 bits per heavy atom. The number of fused-ring (bicyclic) bond motifs is 2. The van der Waals surface area contributed by atoms with E-state index in [1.54, 1.807) is 7.11 Å². The number of carbonyl (C=O) groups is 2. The fourth-order valence-electron chi connectivity index (χ4n) is 4.06. The number of rotatable bonds is 6. The van der Waals surface area contributed by atoms with Gasteiger partial charge in [-0.3, -0.25) is 4.79 Å².